The Labute approximate surface area is 90.7 Å². The molecule has 4 heteroatoms. The number of aromatic nitrogens is 1. The molecule has 2 N–H and O–H groups in total. The standard InChI is InChI=1S/C10H7ClN2S/c11-6-2-4-7-3-1-5-8-9(7)13-10(12)14-8/h1,3,5H,6H2,(H2,12,13). The molecule has 1 aromatic heterocycles. The van der Waals surface area contributed by atoms with Crippen molar-refractivity contribution in [3.63, 3.8) is 0 Å². The van der Waals surface area contributed by atoms with E-state index >= 15 is 0 Å². The van der Waals surface area contributed by atoms with Crippen molar-refractivity contribution >= 4 is 38.3 Å². The third kappa shape index (κ3) is 1.67. The van der Waals surface area contributed by atoms with Gasteiger partial charge in [0.25, 0.3) is 0 Å². The summed E-state index contributed by atoms with van der Waals surface area (Å²) in [4.78, 5) is 4.22. The minimum atomic E-state index is 0.329. The second kappa shape index (κ2) is 3.87. The Bertz CT molecular complexity index is 522. The van der Waals surface area contributed by atoms with E-state index in [1.807, 2.05) is 18.2 Å². The fourth-order valence-electron chi connectivity index (χ4n) is 1.20. The lowest BCUT2D eigenvalue weighted by molar-refractivity contribution is 1.48. The first-order valence-corrected chi connectivity index (χ1v) is 5.36. The van der Waals surface area contributed by atoms with Gasteiger partial charge < -0.3 is 5.73 Å². The lowest BCUT2D eigenvalue weighted by Crippen LogP contribution is -1.82. The fourth-order valence-corrected chi connectivity index (χ4v) is 2.02. The molecule has 0 unspecified atom stereocenters. The summed E-state index contributed by atoms with van der Waals surface area (Å²) in [6, 6.07) is 5.84. The van der Waals surface area contributed by atoms with Gasteiger partial charge in [0.2, 0.25) is 0 Å². The summed E-state index contributed by atoms with van der Waals surface area (Å²) in [5.74, 6) is 6.09. The third-order valence-corrected chi connectivity index (χ3v) is 2.71. The number of benzene rings is 1. The van der Waals surface area contributed by atoms with Crippen molar-refractivity contribution in [3.05, 3.63) is 23.8 Å². The summed E-state index contributed by atoms with van der Waals surface area (Å²) in [5.41, 5.74) is 7.37. The molecule has 0 amide bonds. The number of thiazole rings is 1. The van der Waals surface area contributed by atoms with E-state index in [1.165, 1.54) is 11.3 Å². The summed E-state index contributed by atoms with van der Waals surface area (Å²) in [6.45, 7) is 0. The van der Waals surface area contributed by atoms with Gasteiger partial charge in [-0.2, -0.15) is 0 Å². The number of rotatable bonds is 0. The van der Waals surface area contributed by atoms with Crippen LogP contribution >= 0.6 is 22.9 Å². The molecule has 70 valence electrons. The SMILES string of the molecule is Nc1nc2c(C#CCCl)cccc2s1. The van der Waals surface area contributed by atoms with Crippen LogP contribution in [0.2, 0.25) is 0 Å². The average molecular weight is 223 g/mol. The number of nitrogen functional groups attached to an aromatic ring is 1. The molecule has 0 saturated heterocycles. The molecular formula is C10H7ClN2S. The number of alkyl halides is 1. The molecule has 1 heterocycles. The number of hydrogen-bond donors (Lipinski definition) is 1. The van der Waals surface area contributed by atoms with Crippen LogP contribution < -0.4 is 5.73 Å². The van der Waals surface area contributed by atoms with Crippen molar-refractivity contribution in [1.29, 1.82) is 0 Å². The summed E-state index contributed by atoms with van der Waals surface area (Å²) in [5, 5.41) is 0.570. The van der Waals surface area contributed by atoms with Crippen molar-refractivity contribution in [2.75, 3.05) is 11.6 Å². The normalized spacial score (nSPS) is 9.79. The largest absolute Gasteiger partial charge is 0.375 e. The maximum atomic E-state index is 5.62. The Morgan fingerprint density at radius 2 is 2.36 bits per heavy atom. The van der Waals surface area contributed by atoms with Gasteiger partial charge in [-0.25, -0.2) is 4.98 Å². The van der Waals surface area contributed by atoms with Crippen molar-refractivity contribution in [1.82, 2.24) is 4.98 Å². The number of hydrogen-bond acceptors (Lipinski definition) is 3. The Balaban J connectivity index is 2.64. The molecular weight excluding hydrogens is 216 g/mol. The number of fused-ring (bicyclic) bond motifs is 1. The molecule has 0 saturated carbocycles. The maximum Gasteiger partial charge on any atom is 0.181 e. The molecule has 1 aromatic carbocycles. The summed E-state index contributed by atoms with van der Waals surface area (Å²) in [6.07, 6.45) is 0. The molecule has 0 aliphatic rings. The summed E-state index contributed by atoms with van der Waals surface area (Å²) < 4.78 is 1.06. The molecule has 0 atom stereocenters. The van der Waals surface area contributed by atoms with Gasteiger partial charge in [0.05, 0.1) is 21.7 Å². The number of nitrogens with two attached hydrogens (primary N) is 1. The minimum absolute atomic E-state index is 0.329. The van der Waals surface area contributed by atoms with Crippen molar-refractivity contribution in [2.24, 2.45) is 0 Å². The first kappa shape index (κ1) is 9.32. The van der Waals surface area contributed by atoms with E-state index in [0.29, 0.717) is 11.0 Å². The van der Waals surface area contributed by atoms with Crippen molar-refractivity contribution < 1.29 is 0 Å². The van der Waals surface area contributed by atoms with Gasteiger partial charge in [0.15, 0.2) is 5.13 Å². The maximum absolute atomic E-state index is 5.62. The van der Waals surface area contributed by atoms with Crippen LogP contribution in [0.3, 0.4) is 0 Å². The number of para-hydroxylation sites is 1. The average Bonchev–Trinajstić information content (AvgIpc) is 2.55. The van der Waals surface area contributed by atoms with Crippen LogP contribution in [0, 0.1) is 11.8 Å². The van der Waals surface area contributed by atoms with Crippen LogP contribution in [0.5, 0.6) is 0 Å². The lowest BCUT2D eigenvalue weighted by atomic mass is 10.2. The van der Waals surface area contributed by atoms with E-state index in [9.17, 15) is 0 Å². The third-order valence-electron chi connectivity index (χ3n) is 1.73. The first-order valence-electron chi connectivity index (χ1n) is 4.01. The van der Waals surface area contributed by atoms with E-state index in [2.05, 4.69) is 16.8 Å². The van der Waals surface area contributed by atoms with Crippen LogP contribution in [-0.2, 0) is 0 Å². The second-order valence-electron chi connectivity index (χ2n) is 2.64. The van der Waals surface area contributed by atoms with Gasteiger partial charge >= 0.3 is 0 Å². The number of anilines is 1. The van der Waals surface area contributed by atoms with E-state index in [0.717, 1.165) is 15.8 Å². The van der Waals surface area contributed by atoms with Crippen LogP contribution in [0.1, 0.15) is 5.56 Å². The van der Waals surface area contributed by atoms with Crippen LogP contribution in [0.25, 0.3) is 10.2 Å². The topological polar surface area (TPSA) is 38.9 Å². The molecule has 2 aromatic rings. The Morgan fingerprint density at radius 1 is 1.50 bits per heavy atom. The molecule has 0 fully saturated rings. The van der Waals surface area contributed by atoms with Gasteiger partial charge in [0, 0.05) is 0 Å². The summed E-state index contributed by atoms with van der Waals surface area (Å²) >= 11 is 6.96. The minimum Gasteiger partial charge on any atom is -0.375 e. The predicted octanol–water partition coefficient (Wildman–Crippen LogP) is 2.47. The number of halogens is 1. The highest BCUT2D eigenvalue weighted by molar-refractivity contribution is 7.22. The lowest BCUT2D eigenvalue weighted by Gasteiger charge is -1.90. The van der Waals surface area contributed by atoms with Crippen molar-refractivity contribution in [2.45, 2.75) is 0 Å². The van der Waals surface area contributed by atoms with E-state index in [1.54, 1.807) is 0 Å². The molecule has 0 aliphatic carbocycles. The highest BCUT2D eigenvalue weighted by Gasteiger charge is 2.03. The smallest absolute Gasteiger partial charge is 0.181 e. The van der Waals surface area contributed by atoms with E-state index in [-0.39, 0.29) is 0 Å². The predicted molar refractivity (Wildman–Crippen MR) is 61.6 cm³/mol. The zero-order chi connectivity index (χ0) is 9.97. The molecule has 14 heavy (non-hydrogen) atoms. The highest BCUT2D eigenvalue weighted by atomic mass is 35.5. The Morgan fingerprint density at radius 3 is 3.14 bits per heavy atom. The van der Waals surface area contributed by atoms with Gasteiger partial charge in [-0.1, -0.05) is 29.2 Å². The van der Waals surface area contributed by atoms with Gasteiger partial charge in [-0.15, -0.1) is 11.6 Å². The van der Waals surface area contributed by atoms with Crippen LogP contribution in [0.4, 0.5) is 5.13 Å². The molecule has 0 radical (unpaired) electrons. The van der Waals surface area contributed by atoms with Crippen molar-refractivity contribution in [3.8, 4) is 11.8 Å². The summed E-state index contributed by atoms with van der Waals surface area (Å²) in [7, 11) is 0. The van der Waals surface area contributed by atoms with E-state index < -0.39 is 0 Å². The van der Waals surface area contributed by atoms with Crippen LogP contribution in [-0.4, -0.2) is 10.9 Å². The fraction of sp³-hybridized carbons (Fsp3) is 0.100. The van der Waals surface area contributed by atoms with Gasteiger partial charge in [-0.05, 0) is 12.1 Å². The van der Waals surface area contributed by atoms with Gasteiger partial charge in [0.1, 0.15) is 0 Å². The molecule has 0 bridgehead atoms. The molecule has 0 aliphatic heterocycles. The molecule has 0 spiro atoms. The molecule has 2 rings (SSSR count). The zero-order valence-corrected chi connectivity index (χ0v) is 8.82. The monoisotopic (exact) mass is 222 g/mol. The Hall–Kier alpha value is -1.24. The Kier molecular flexibility index (Phi) is 2.58. The highest BCUT2D eigenvalue weighted by Crippen LogP contribution is 2.25. The van der Waals surface area contributed by atoms with Gasteiger partial charge in [-0.3, -0.25) is 0 Å². The van der Waals surface area contributed by atoms with Crippen LogP contribution in [0.15, 0.2) is 18.2 Å². The second-order valence-corrected chi connectivity index (χ2v) is 3.97. The first-order chi connectivity index (χ1) is 6.81. The quantitative estimate of drug-likeness (QED) is 0.550. The zero-order valence-electron chi connectivity index (χ0n) is 7.25. The number of nitrogens with zero attached hydrogens (tertiary/aromatic N) is 1. The van der Waals surface area contributed by atoms with E-state index in [4.69, 9.17) is 17.3 Å². The molecule has 2 nitrogen and oxygen atoms in total.